The molecule has 0 aliphatic carbocycles. The third kappa shape index (κ3) is 4.20. The minimum absolute atomic E-state index is 0.00675. The summed E-state index contributed by atoms with van der Waals surface area (Å²) in [7, 11) is 0. The van der Waals surface area contributed by atoms with Crippen molar-refractivity contribution in [1.82, 2.24) is 0 Å². The molecule has 0 aliphatic rings. The lowest BCUT2D eigenvalue weighted by Crippen LogP contribution is -2.20. The molecule has 2 unspecified atom stereocenters. The molecule has 0 heterocycles. The van der Waals surface area contributed by atoms with E-state index in [0.29, 0.717) is 12.3 Å². The Morgan fingerprint density at radius 1 is 1.06 bits per heavy atom. The van der Waals surface area contributed by atoms with Crippen molar-refractivity contribution in [2.75, 3.05) is 0 Å². The van der Waals surface area contributed by atoms with Gasteiger partial charge in [-0.25, -0.2) is 0 Å². The van der Waals surface area contributed by atoms with Crippen molar-refractivity contribution in [1.29, 1.82) is 0 Å². The molecule has 0 bridgehead atoms. The van der Waals surface area contributed by atoms with Crippen LogP contribution in [0.15, 0.2) is 24.3 Å². The van der Waals surface area contributed by atoms with Crippen LogP contribution in [0.4, 0.5) is 13.2 Å². The molecule has 0 aliphatic heterocycles. The van der Waals surface area contributed by atoms with E-state index in [0.717, 1.165) is 17.7 Å². The Labute approximate surface area is 111 Å². The van der Waals surface area contributed by atoms with Gasteiger partial charge in [-0.2, -0.15) is 13.2 Å². The second kappa shape index (κ2) is 5.96. The predicted octanol–water partition coefficient (Wildman–Crippen LogP) is 5.15. The van der Waals surface area contributed by atoms with E-state index in [1.165, 1.54) is 12.1 Å². The monoisotopic (exact) mass is 278 g/mol. The first-order valence-corrected chi connectivity index (χ1v) is 6.45. The molecule has 0 aromatic heterocycles. The van der Waals surface area contributed by atoms with E-state index in [2.05, 4.69) is 13.8 Å². The molecule has 0 amide bonds. The predicted molar refractivity (Wildman–Crippen MR) is 68.8 cm³/mol. The van der Waals surface area contributed by atoms with Crippen LogP contribution in [0.2, 0.25) is 0 Å². The molecule has 4 heteroatoms. The van der Waals surface area contributed by atoms with Gasteiger partial charge in [0.05, 0.1) is 5.56 Å². The first-order valence-electron chi connectivity index (χ1n) is 6.02. The average Bonchev–Trinajstić information content (AvgIpc) is 2.24. The molecule has 0 N–H and O–H groups in total. The van der Waals surface area contributed by atoms with E-state index in [-0.39, 0.29) is 11.3 Å². The van der Waals surface area contributed by atoms with Crippen LogP contribution >= 0.6 is 11.6 Å². The zero-order valence-electron chi connectivity index (χ0n) is 10.8. The number of halogens is 4. The maximum Gasteiger partial charge on any atom is 0.416 e. The summed E-state index contributed by atoms with van der Waals surface area (Å²) in [5.74, 6) is 0.670. The molecular formula is C14H18ClF3. The Morgan fingerprint density at radius 3 is 1.89 bits per heavy atom. The van der Waals surface area contributed by atoms with E-state index in [1.807, 2.05) is 6.92 Å². The molecule has 1 aromatic carbocycles. The lowest BCUT2D eigenvalue weighted by molar-refractivity contribution is -0.137. The van der Waals surface area contributed by atoms with Crippen LogP contribution in [-0.4, -0.2) is 5.38 Å². The summed E-state index contributed by atoms with van der Waals surface area (Å²) in [6.45, 7) is 6.08. The van der Waals surface area contributed by atoms with Gasteiger partial charge in [-0.3, -0.25) is 0 Å². The van der Waals surface area contributed by atoms with E-state index in [4.69, 9.17) is 11.6 Å². The van der Waals surface area contributed by atoms with Gasteiger partial charge in [-0.15, -0.1) is 11.6 Å². The second-order valence-corrected chi connectivity index (χ2v) is 5.67. The van der Waals surface area contributed by atoms with Crippen molar-refractivity contribution >= 4 is 11.6 Å². The summed E-state index contributed by atoms with van der Waals surface area (Å²) < 4.78 is 37.3. The van der Waals surface area contributed by atoms with Gasteiger partial charge < -0.3 is 0 Å². The minimum Gasteiger partial charge on any atom is -0.166 e. The quantitative estimate of drug-likeness (QED) is 0.668. The molecule has 0 radical (unpaired) electrons. The lowest BCUT2D eigenvalue weighted by atomic mass is 9.87. The van der Waals surface area contributed by atoms with Crippen molar-refractivity contribution in [3.63, 3.8) is 0 Å². The maximum atomic E-state index is 12.4. The van der Waals surface area contributed by atoms with Gasteiger partial charge in [0.15, 0.2) is 0 Å². The average molecular weight is 279 g/mol. The van der Waals surface area contributed by atoms with Crippen LogP contribution in [-0.2, 0) is 12.6 Å². The van der Waals surface area contributed by atoms with Gasteiger partial charge in [0.2, 0.25) is 0 Å². The zero-order chi connectivity index (χ0) is 13.9. The number of rotatable bonds is 4. The van der Waals surface area contributed by atoms with Crippen LogP contribution in [0.25, 0.3) is 0 Å². The van der Waals surface area contributed by atoms with Gasteiger partial charge in [-0.1, -0.05) is 26.0 Å². The summed E-state index contributed by atoms with van der Waals surface area (Å²) in [4.78, 5) is 0. The van der Waals surface area contributed by atoms with Crippen molar-refractivity contribution in [3.8, 4) is 0 Å². The van der Waals surface area contributed by atoms with E-state index in [9.17, 15) is 13.2 Å². The minimum atomic E-state index is -4.27. The first-order chi connectivity index (χ1) is 8.21. The smallest absolute Gasteiger partial charge is 0.166 e. The standard InChI is InChI=1S/C14H18ClF3/c1-9(2)13(10(3)15)8-11-4-6-12(7-5-11)14(16,17)18/h4-7,9-10,13H,8H2,1-3H3. The second-order valence-electron chi connectivity index (χ2n) is 4.98. The molecule has 1 rings (SSSR count). The van der Waals surface area contributed by atoms with Crippen LogP contribution in [0.1, 0.15) is 31.9 Å². The van der Waals surface area contributed by atoms with E-state index in [1.54, 1.807) is 0 Å². The van der Waals surface area contributed by atoms with Crippen molar-refractivity contribution in [2.45, 2.75) is 38.7 Å². The molecule has 0 nitrogen and oxygen atoms in total. The van der Waals surface area contributed by atoms with Gasteiger partial charge in [0.1, 0.15) is 0 Å². The third-order valence-electron chi connectivity index (χ3n) is 3.20. The van der Waals surface area contributed by atoms with Crippen molar-refractivity contribution in [3.05, 3.63) is 35.4 Å². The van der Waals surface area contributed by atoms with E-state index < -0.39 is 11.7 Å². The summed E-state index contributed by atoms with van der Waals surface area (Å²) in [5, 5.41) is 0.00675. The number of benzene rings is 1. The molecule has 102 valence electrons. The highest BCUT2D eigenvalue weighted by Gasteiger charge is 2.30. The molecule has 0 saturated carbocycles. The Bertz CT molecular complexity index is 358. The first kappa shape index (κ1) is 15.4. The highest BCUT2D eigenvalue weighted by Crippen LogP contribution is 2.30. The van der Waals surface area contributed by atoms with Gasteiger partial charge in [-0.05, 0) is 42.9 Å². The molecular weight excluding hydrogens is 261 g/mol. The molecule has 1 aromatic rings. The maximum absolute atomic E-state index is 12.4. The fraction of sp³-hybridized carbons (Fsp3) is 0.571. The Hall–Kier alpha value is -0.700. The Balaban J connectivity index is 2.80. The zero-order valence-corrected chi connectivity index (χ0v) is 11.5. The lowest BCUT2D eigenvalue weighted by Gasteiger charge is -2.23. The summed E-state index contributed by atoms with van der Waals surface area (Å²) in [6.07, 6.45) is -3.56. The SMILES string of the molecule is CC(C)C(Cc1ccc(C(F)(F)F)cc1)C(C)Cl. The highest BCUT2D eigenvalue weighted by atomic mass is 35.5. The van der Waals surface area contributed by atoms with Crippen molar-refractivity contribution < 1.29 is 13.2 Å². The molecule has 0 fully saturated rings. The number of hydrogen-bond donors (Lipinski definition) is 0. The summed E-state index contributed by atoms with van der Waals surface area (Å²) in [6, 6.07) is 5.34. The van der Waals surface area contributed by atoms with E-state index >= 15 is 0 Å². The van der Waals surface area contributed by atoms with Crippen LogP contribution in [0, 0.1) is 11.8 Å². The molecule has 2 atom stereocenters. The normalized spacial score (nSPS) is 15.8. The third-order valence-corrected chi connectivity index (χ3v) is 3.52. The molecule has 18 heavy (non-hydrogen) atoms. The Kier molecular flexibility index (Phi) is 5.09. The number of hydrogen-bond acceptors (Lipinski definition) is 0. The van der Waals surface area contributed by atoms with Gasteiger partial charge in [0.25, 0.3) is 0 Å². The highest BCUT2D eigenvalue weighted by molar-refractivity contribution is 6.20. The van der Waals surface area contributed by atoms with Crippen LogP contribution < -0.4 is 0 Å². The largest absolute Gasteiger partial charge is 0.416 e. The molecule has 0 saturated heterocycles. The van der Waals surface area contributed by atoms with Crippen LogP contribution in [0.3, 0.4) is 0 Å². The van der Waals surface area contributed by atoms with Gasteiger partial charge >= 0.3 is 6.18 Å². The van der Waals surface area contributed by atoms with Crippen LogP contribution in [0.5, 0.6) is 0 Å². The Morgan fingerprint density at radius 2 is 1.56 bits per heavy atom. The number of alkyl halides is 4. The summed E-state index contributed by atoms with van der Waals surface area (Å²) >= 11 is 6.11. The fourth-order valence-electron chi connectivity index (χ4n) is 2.03. The molecule has 0 spiro atoms. The fourth-order valence-corrected chi connectivity index (χ4v) is 2.41. The topological polar surface area (TPSA) is 0 Å². The summed E-state index contributed by atoms with van der Waals surface area (Å²) in [5.41, 5.74) is 0.292. The van der Waals surface area contributed by atoms with Gasteiger partial charge in [0, 0.05) is 5.38 Å². The van der Waals surface area contributed by atoms with Crippen molar-refractivity contribution in [2.24, 2.45) is 11.8 Å².